The molecule has 3 heterocycles. The Morgan fingerprint density at radius 2 is 1.86 bits per heavy atom. The lowest BCUT2D eigenvalue weighted by Crippen LogP contribution is -2.37. The summed E-state index contributed by atoms with van der Waals surface area (Å²) in [7, 11) is 0. The molecule has 0 saturated carbocycles. The predicted octanol–water partition coefficient (Wildman–Crippen LogP) is 4.04. The minimum atomic E-state index is -0.674. The highest BCUT2D eigenvalue weighted by Crippen LogP contribution is 2.33. The molecule has 2 fully saturated rings. The third kappa shape index (κ3) is 5.19. The molecule has 2 aliphatic rings. The molecule has 0 spiro atoms. The number of imide groups is 1. The van der Waals surface area contributed by atoms with E-state index in [2.05, 4.69) is 4.90 Å². The Morgan fingerprint density at radius 1 is 1.18 bits per heavy atom. The second kappa shape index (κ2) is 8.43. The lowest BCUT2D eigenvalue weighted by atomic mass is 10.2. The number of thioether (sulfide) groups is 1. The van der Waals surface area contributed by atoms with Gasteiger partial charge in [-0.15, -0.1) is 0 Å². The topological polar surface area (TPSA) is 80.1 Å². The van der Waals surface area contributed by atoms with Gasteiger partial charge in [-0.2, -0.15) is 0 Å². The van der Waals surface area contributed by atoms with Crippen LogP contribution >= 0.6 is 11.8 Å². The van der Waals surface area contributed by atoms with Crippen molar-refractivity contribution in [3.05, 3.63) is 22.8 Å². The molecule has 3 rings (SSSR count). The number of nitrogens with zero attached hydrogens (tertiary/aromatic N) is 2. The van der Waals surface area contributed by atoms with Gasteiger partial charge in [-0.1, -0.05) is 12.8 Å². The molecule has 0 aromatic carbocycles. The third-order valence-electron chi connectivity index (χ3n) is 4.38. The highest BCUT2D eigenvalue weighted by Gasteiger charge is 2.37. The van der Waals surface area contributed by atoms with Crippen molar-refractivity contribution < 1.29 is 23.5 Å². The highest BCUT2D eigenvalue weighted by molar-refractivity contribution is 8.18. The molecular formula is C20H26N2O5S. The first kappa shape index (κ1) is 20.5. The van der Waals surface area contributed by atoms with Crippen molar-refractivity contribution in [2.24, 2.45) is 0 Å². The number of ether oxygens (including phenoxy) is 1. The van der Waals surface area contributed by atoms with E-state index in [0.717, 1.165) is 48.5 Å². The minimum Gasteiger partial charge on any atom is -0.459 e. The standard InChI is InChI=1S/C20H26N2O5S/c1-20(2,3)27-17(23)13-22-18(24)15(28-19(22)25)12-14-8-9-16(26-14)21-10-6-4-5-7-11-21/h8-9,12H,4-7,10-11,13H2,1-3H3. The smallest absolute Gasteiger partial charge is 0.326 e. The Bertz CT molecular complexity index is 785. The quantitative estimate of drug-likeness (QED) is 0.551. The Hall–Kier alpha value is -2.22. The molecule has 8 heteroatoms. The second-order valence-corrected chi connectivity index (χ2v) is 8.92. The number of rotatable bonds is 4. The Morgan fingerprint density at radius 3 is 2.50 bits per heavy atom. The van der Waals surface area contributed by atoms with Crippen molar-refractivity contribution in [1.29, 1.82) is 0 Å². The molecule has 0 radical (unpaired) electrons. The van der Waals surface area contributed by atoms with E-state index >= 15 is 0 Å². The summed E-state index contributed by atoms with van der Waals surface area (Å²) in [5, 5.41) is -0.485. The SMILES string of the molecule is CC(C)(C)OC(=O)CN1C(=O)SC(=Cc2ccc(N3CCCCCC3)o2)C1=O. The van der Waals surface area contributed by atoms with Crippen LogP contribution < -0.4 is 4.90 Å². The number of amides is 2. The first-order valence-electron chi connectivity index (χ1n) is 9.55. The largest absolute Gasteiger partial charge is 0.459 e. The van der Waals surface area contributed by atoms with Gasteiger partial charge in [0.15, 0.2) is 5.88 Å². The molecule has 152 valence electrons. The van der Waals surface area contributed by atoms with Crippen molar-refractivity contribution in [3.8, 4) is 0 Å². The summed E-state index contributed by atoms with van der Waals surface area (Å²) in [5.41, 5.74) is -0.674. The molecule has 0 bridgehead atoms. The van der Waals surface area contributed by atoms with Gasteiger partial charge in [0.05, 0.1) is 4.91 Å². The van der Waals surface area contributed by atoms with Crippen LogP contribution in [-0.4, -0.2) is 47.3 Å². The van der Waals surface area contributed by atoms with Crippen LogP contribution in [-0.2, 0) is 14.3 Å². The van der Waals surface area contributed by atoms with E-state index in [0.29, 0.717) is 5.76 Å². The zero-order valence-electron chi connectivity index (χ0n) is 16.5. The minimum absolute atomic E-state index is 0.241. The number of anilines is 1. The van der Waals surface area contributed by atoms with Crippen molar-refractivity contribution in [3.63, 3.8) is 0 Å². The Labute approximate surface area is 169 Å². The van der Waals surface area contributed by atoms with Crippen LogP contribution in [0.1, 0.15) is 52.2 Å². The molecule has 0 N–H and O–H groups in total. The number of furan rings is 1. The van der Waals surface area contributed by atoms with Crippen LogP contribution in [0.3, 0.4) is 0 Å². The molecule has 7 nitrogen and oxygen atoms in total. The summed E-state index contributed by atoms with van der Waals surface area (Å²) in [5.74, 6) is 0.175. The molecule has 1 aromatic heterocycles. The monoisotopic (exact) mass is 406 g/mol. The molecule has 0 atom stereocenters. The van der Waals surface area contributed by atoms with Gasteiger partial charge in [-0.3, -0.25) is 19.3 Å². The average molecular weight is 407 g/mol. The summed E-state index contributed by atoms with van der Waals surface area (Å²) in [6.07, 6.45) is 6.30. The van der Waals surface area contributed by atoms with Crippen LogP contribution in [0.2, 0.25) is 0 Å². The van der Waals surface area contributed by atoms with Gasteiger partial charge in [0.2, 0.25) is 0 Å². The van der Waals surface area contributed by atoms with E-state index in [-0.39, 0.29) is 4.91 Å². The number of carbonyl (C=O) groups is 3. The van der Waals surface area contributed by atoms with Crippen LogP contribution in [0, 0.1) is 0 Å². The van der Waals surface area contributed by atoms with Gasteiger partial charge >= 0.3 is 5.97 Å². The van der Waals surface area contributed by atoms with Gasteiger partial charge in [0.25, 0.3) is 11.1 Å². The lowest BCUT2D eigenvalue weighted by Gasteiger charge is -2.21. The molecule has 2 amide bonds. The van der Waals surface area contributed by atoms with Crippen LogP contribution in [0.5, 0.6) is 0 Å². The zero-order chi connectivity index (χ0) is 20.3. The highest BCUT2D eigenvalue weighted by atomic mass is 32.2. The summed E-state index contributed by atoms with van der Waals surface area (Å²) < 4.78 is 11.1. The van der Waals surface area contributed by atoms with Crippen LogP contribution in [0.15, 0.2) is 21.5 Å². The maximum absolute atomic E-state index is 12.5. The van der Waals surface area contributed by atoms with E-state index in [9.17, 15) is 14.4 Å². The number of hydrogen-bond donors (Lipinski definition) is 0. The van der Waals surface area contributed by atoms with E-state index in [1.165, 1.54) is 12.8 Å². The van der Waals surface area contributed by atoms with Gasteiger partial charge in [0.1, 0.15) is 17.9 Å². The van der Waals surface area contributed by atoms with Gasteiger partial charge in [-0.05, 0) is 51.4 Å². The fourth-order valence-corrected chi connectivity index (χ4v) is 3.97. The van der Waals surface area contributed by atoms with E-state index in [1.807, 2.05) is 6.07 Å². The lowest BCUT2D eigenvalue weighted by molar-refractivity contribution is -0.156. The summed E-state index contributed by atoms with van der Waals surface area (Å²) >= 11 is 0.802. The second-order valence-electron chi connectivity index (χ2n) is 7.93. The molecule has 2 aliphatic heterocycles. The maximum atomic E-state index is 12.5. The molecular weight excluding hydrogens is 380 g/mol. The molecule has 28 heavy (non-hydrogen) atoms. The summed E-state index contributed by atoms with van der Waals surface area (Å²) in [6, 6.07) is 3.68. The Kier molecular flexibility index (Phi) is 6.17. The Balaban J connectivity index is 1.67. The first-order chi connectivity index (χ1) is 13.2. The van der Waals surface area contributed by atoms with Crippen molar-refractivity contribution in [2.75, 3.05) is 24.5 Å². The zero-order valence-corrected chi connectivity index (χ0v) is 17.3. The van der Waals surface area contributed by atoms with E-state index in [1.54, 1.807) is 32.9 Å². The summed E-state index contributed by atoms with van der Waals surface area (Å²) in [4.78, 5) is 40.0. The fraction of sp³-hybridized carbons (Fsp3) is 0.550. The van der Waals surface area contributed by atoms with Crippen molar-refractivity contribution in [1.82, 2.24) is 4.90 Å². The van der Waals surface area contributed by atoms with Gasteiger partial charge < -0.3 is 14.1 Å². The molecule has 0 aliphatic carbocycles. The van der Waals surface area contributed by atoms with E-state index in [4.69, 9.17) is 9.15 Å². The number of esters is 1. The fourth-order valence-electron chi connectivity index (χ4n) is 3.15. The molecule has 2 saturated heterocycles. The van der Waals surface area contributed by atoms with Gasteiger partial charge in [0, 0.05) is 25.2 Å². The average Bonchev–Trinajstić information content (AvgIpc) is 3.02. The number of carbonyl (C=O) groups excluding carboxylic acids is 3. The molecule has 0 unspecified atom stereocenters. The predicted molar refractivity (Wildman–Crippen MR) is 108 cm³/mol. The first-order valence-corrected chi connectivity index (χ1v) is 10.4. The van der Waals surface area contributed by atoms with Gasteiger partial charge in [-0.25, -0.2) is 0 Å². The molecule has 1 aromatic rings. The van der Waals surface area contributed by atoms with Crippen LogP contribution in [0.4, 0.5) is 10.7 Å². The maximum Gasteiger partial charge on any atom is 0.326 e. The number of hydrogen-bond acceptors (Lipinski definition) is 7. The van der Waals surface area contributed by atoms with E-state index < -0.39 is 29.3 Å². The normalized spacial score (nSPS) is 20.0. The summed E-state index contributed by atoms with van der Waals surface area (Å²) in [6.45, 7) is 6.72. The van der Waals surface area contributed by atoms with Crippen molar-refractivity contribution in [2.45, 2.75) is 52.1 Å². The third-order valence-corrected chi connectivity index (χ3v) is 5.29. The van der Waals surface area contributed by atoms with Crippen LogP contribution in [0.25, 0.3) is 6.08 Å². The van der Waals surface area contributed by atoms with Crippen molar-refractivity contribution >= 4 is 40.8 Å².